The van der Waals surface area contributed by atoms with Crippen molar-refractivity contribution in [2.24, 2.45) is 0 Å². The molecule has 190 valence electrons. The number of hydrogen-bond donors (Lipinski definition) is 2. The van der Waals surface area contributed by atoms with E-state index in [0.717, 1.165) is 0 Å². The van der Waals surface area contributed by atoms with E-state index in [-0.39, 0.29) is 11.1 Å². The Morgan fingerprint density at radius 3 is 2.22 bits per heavy atom. The zero-order chi connectivity index (χ0) is 26.3. The number of ketones is 2. The summed E-state index contributed by atoms with van der Waals surface area (Å²) in [5.41, 5.74) is -4.35. The zero-order valence-electron chi connectivity index (χ0n) is 18.6. The molecule has 9 nitrogen and oxygen atoms in total. The van der Waals surface area contributed by atoms with Crippen LogP contribution < -0.4 is 0 Å². The normalized spacial score (nSPS) is 24.5. The first-order valence-electron chi connectivity index (χ1n) is 10.5. The lowest BCUT2D eigenvalue weighted by molar-refractivity contribution is -0.355. The van der Waals surface area contributed by atoms with E-state index in [0.29, 0.717) is 17.0 Å². The molecule has 0 radical (unpaired) electrons. The first-order valence-corrected chi connectivity index (χ1v) is 12.3. The second-order valence-corrected chi connectivity index (χ2v) is 9.76. The number of aliphatic hydroxyl groups is 2. The third-order valence-electron chi connectivity index (χ3n) is 5.71. The molecule has 1 aliphatic heterocycles. The van der Waals surface area contributed by atoms with Gasteiger partial charge in [0.15, 0.2) is 5.78 Å². The number of fused-ring (bicyclic) bond motifs is 1. The molecular formula is C24H20F2O9S. The molecule has 0 aromatic heterocycles. The van der Waals surface area contributed by atoms with Crippen LogP contribution in [-0.2, 0) is 24.1 Å². The van der Waals surface area contributed by atoms with Crippen LogP contribution in [0.2, 0.25) is 0 Å². The second kappa shape index (κ2) is 9.39. The molecule has 0 spiro atoms. The van der Waals surface area contributed by atoms with Crippen LogP contribution in [0.4, 0.5) is 8.78 Å². The van der Waals surface area contributed by atoms with Crippen molar-refractivity contribution in [1.29, 1.82) is 0 Å². The highest BCUT2D eigenvalue weighted by Gasteiger charge is 2.76. The van der Waals surface area contributed by atoms with E-state index in [2.05, 4.69) is 9.22 Å². The van der Waals surface area contributed by atoms with Crippen LogP contribution in [0.15, 0.2) is 72.8 Å². The average molecular weight is 522 g/mol. The van der Waals surface area contributed by atoms with Crippen molar-refractivity contribution >= 4 is 32.5 Å². The Kier molecular flexibility index (Phi) is 6.77. The van der Waals surface area contributed by atoms with E-state index in [9.17, 15) is 28.2 Å². The Morgan fingerprint density at radius 2 is 1.58 bits per heavy atom. The summed E-state index contributed by atoms with van der Waals surface area (Å²) in [6, 6.07) is 17.6. The minimum atomic E-state index is -4.68. The first-order chi connectivity index (χ1) is 16.9. The largest absolute Gasteiger partial charge is 0.382 e. The molecule has 0 bridgehead atoms. The van der Waals surface area contributed by atoms with Crippen molar-refractivity contribution in [2.75, 3.05) is 6.26 Å². The Labute approximate surface area is 203 Å². The summed E-state index contributed by atoms with van der Waals surface area (Å²) in [5.74, 6) is -7.40. The predicted octanol–water partition coefficient (Wildman–Crippen LogP) is 2.27. The first kappa shape index (κ1) is 25.9. The molecule has 36 heavy (non-hydrogen) atoms. The van der Waals surface area contributed by atoms with Crippen molar-refractivity contribution in [3.63, 3.8) is 0 Å². The molecule has 1 saturated heterocycles. The van der Waals surface area contributed by atoms with Gasteiger partial charge in [-0.1, -0.05) is 66.7 Å². The highest BCUT2D eigenvalue weighted by molar-refractivity contribution is 7.85. The van der Waals surface area contributed by atoms with Crippen molar-refractivity contribution < 1.29 is 51.0 Å². The smallest absolute Gasteiger partial charge is 0.338 e. The van der Waals surface area contributed by atoms with Crippen LogP contribution in [0.1, 0.15) is 20.7 Å². The summed E-state index contributed by atoms with van der Waals surface area (Å²) in [6.45, 7) is 0. The molecule has 2 unspecified atom stereocenters. The highest BCUT2D eigenvalue weighted by Crippen LogP contribution is 2.48. The lowest BCUT2D eigenvalue weighted by Crippen LogP contribution is -2.62. The van der Waals surface area contributed by atoms with Gasteiger partial charge >= 0.3 is 5.92 Å². The fraction of sp³-hybridized carbons (Fsp3) is 0.250. The molecule has 4 atom stereocenters. The lowest BCUT2D eigenvalue weighted by atomic mass is 9.80. The van der Waals surface area contributed by atoms with Gasteiger partial charge in [-0.2, -0.15) is 22.1 Å². The van der Waals surface area contributed by atoms with Gasteiger partial charge in [-0.15, -0.1) is 4.33 Å². The van der Waals surface area contributed by atoms with Crippen LogP contribution >= 0.6 is 0 Å². The molecule has 3 aromatic rings. The molecule has 3 aromatic carbocycles. The summed E-state index contributed by atoms with van der Waals surface area (Å²) in [6.07, 6.45) is -7.51. The topological polar surface area (TPSA) is 136 Å². The summed E-state index contributed by atoms with van der Waals surface area (Å²) in [5, 5.41) is 23.1. The Balaban J connectivity index is 1.78. The summed E-state index contributed by atoms with van der Waals surface area (Å²) in [7, 11) is -4.42. The third kappa shape index (κ3) is 4.54. The van der Waals surface area contributed by atoms with E-state index in [4.69, 9.17) is 4.74 Å². The molecule has 0 saturated carbocycles. The van der Waals surface area contributed by atoms with Crippen molar-refractivity contribution in [3.05, 3.63) is 83.9 Å². The average Bonchev–Trinajstić information content (AvgIpc) is 3.06. The van der Waals surface area contributed by atoms with E-state index in [1.807, 2.05) is 0 Å². The van der Waals surface area contributed by atoms with E-state index < -0.39 is 51.7 Å². The molecule has 1 aliphatic rings. The number of aliphatic hydroxyl groups excluding tert-OH is 1. The monoisotopic (exact) mass is 522 g/mol. The number of alkyl halides is 2. The lowest BCUT2D eigenvalue weighted by Gasteiger charge is -2.33. The Bertz CT molecular complexity index is 1410. The van der Waals surface area contributed by atoms with Gasteiger partial charge < -0.3 is 14.9 Å². The second-order valence-electron chi connectivity index (χ2n) is 8.21. The maximum absolute atomic E-state index is 15.5. The summed E-state index contributed by atoms with van der Waals surface area (Å²) in [4.78, 5) is 30.4. The van der Waals surface area contributed by atoms with Crippen molar-refractivity contribution in [3.8, 4) is 0 Å². The molecule has 0 amide bonds. The highest BCUT2D eigenvalue weighted by atomic mass is 32.2. The molecule has 1 fully saturated rings. The summed E-state index contributed by atoms with van der Waals surface area (Å²) >= 11 is 0. The molecule has 4 rings (SSSR count). The third-order valence-corrected chi connectivity index (χ3v) is 6.03. The van der Waals surface area contributed by atoms with Gasteiger partial charge in [0, 0.05) is 11.1 Å². The van der Waals surface area contributed by atoms with Gasteiger partial charge in [0.1, 0.15) is 12.2 Å². The molecule has 12 heteroatoms. The van der Waals surface area contributed by atoms with Crippen molar-refractivity contribution in [1.82, 2.24) is 0 Å². The van der Waals surface area contributed by atoms with Gasteiger partial charge in [0.05, 0.1) is 6.26 Å². The van der Waals surface area contributed by atoms with Crippen molar-refractivity contribution in [2.45, 2.75) is 30.0 Å². The Morgan fingerprint density at radius 1 is 0.972 bits per heavy atom. The van der Waals surface area contributed by atoms with Gasteiger partial charge in [-0.05, 0) is 16.8 Å². The van der Waals surface area contributed by atoms with E-state index >= 15 is 8.78 Å². The molecule has 1 heterocycles. The van der Waals surface area contributed by atoms with E-state index in [1.165, 1.54) is 42.5 Å². The van der Waals surface area contributed by atoms with E-state index in [1.54, 1.807) is 30.3 Å². The number of carbonyl (C=O) groups is 2. The Hall–Kier alpha value is -3.13. The predicted molar refractivity (Wildman–Crippen MR) is 121 cm³/mol. The van der Waals surface area contributed by atoms with Crippen LogP contribution in [0.5, 0.6) is 0 Å². The maximum atomic E-state index is 15.5. The SMILES string of the molecule is CS(=O)(=O)OOC1O[C@H](C(O)C(=O)c2ccccc2)[C@](O)(C(=O)c2ccc3ccccc3c2)C1(F)F. The fourth-order valence-corrected chi connectivity index (χ4v) is 4.14. The quantitative estimate of drug-likeness (QED) is 0.259. The number of Topliss-reactive ketones (excluding diaryl/α,β-unsaturated/α-hetero) is 2. The van der Waals surface area contributed by atoms with Gasteiger partial charge in [-0.25, -0.2) is 0 Å². The molecule has 0 aliphatic carbocycles. The zero-order valence-corrected chi connectivity index (χ0v) is 19.4. The molecular weight excluding hydrogens is 502 g/mol. The minimum absolute atomic E-state index is 0.117. The van der Waals surface area contributed by atoms with Gasteiger partial charge in [-0.3, -0.25) is 9.59 Å². The standard InChI is InChI=1S/C24H20F2O9S/c1-36(31,32)35-34-22-24(25,26)23(30,20(29)17-12-11-14-7-5-6-10-16(14)13-17)21(33-22)19(28)18(27)15-8-3-2-4-9-15/h2-13,19,21-22,28,30H,1H3/t19?,21-,22?,23-/m1/s1. The number of benzene rings is 3. The van der Waals surface area contributed by atoms with Crippen LogP contribution in [0.25, 0.3) is 10.8 Å². The number of halogens is 2. The van der Waals surface area contributed by atoms with Crippen LogP contribution in [0, 0.1) is 0 Å². The molecule has 2 N–H and O–H groups in total. The number of hydrogen-bond acceptors (Lipinski definition) is 9. The van der Waals surface area contributed by atoms with Gasteiger partial charge in [0.2, 0.25) is 11.4 Å². The number of rotatable bonds is 8. The maximum Gasteiger partial charge on any atom is 0.338 e. The number of ether oxygens (including phenoxy) is 1. The van der Waals surface area contributed by atoms with Crippen LogP contribution in [-0.4, -0.2) is 66.5 Å². The number of carbonyl (C=O) groups excluding carboxylic acids is 2. The van der Waals surface area contributed by atoms with Crippen LogP contribution in [0.3, 0.4) is 0 Å². The minimum Gasteiger partial charge on any atom is -0.382 e. The van der Waals surface area contributed by atoms with Gasteiger partial charge in [0.25, 0.3) is 16.4 Å². The fourth-order valence-electron chi connectivity index (χ4n) is 3.92. The summed E-state index contributed by atoms with van der Waals surface area (Å²) < 4.78 is 62.5.